The van der Waals surface area contributed by atoms with E-state index < -0.39 is 18.1 Å². The number of aromatic carboxylic acids is 1. The molecule has 3 N–H and O–H groups in total. The number of benzene rings is 3. The first-order valence-electron chi connectivity index (χ1n) is 11.3. The van der Waals surface area contributed by atoms with E-state index in [1.807, 2.05) is 31.2 Å². The fourth-order valence-electron chi connectivity index (χ4n) is 4.31. The van der Waals surface area contributed by atoms with E-state index in [1.54, 1.807) is 0 Å². The zero-order valence-corrected chi connectivity index (χ0v) is 19.8. The van der Waals surface area contributed by atoms with Crippen LogP contribution in [0.4, 0.5) is 10.5 Å². The number of hydrogen-bond acceptors (Lipinski definition) is 4. The lowest BCUT2D eigenvalue weighted by Crippen LogP contribution is -2.38. The maximum Gasteiger partial charge on any atom is 0.407 e. The van der Waals surface area contributed by atoms with E-state index in [4.69, 9.17) is 21.4 Å². The Labute approximate surface area is 208 Å². The molecule has 0 aliphatic heterocycles. The van der Waals surface area contributed by atoms with Crippen molar-refractivity contribution in [3.63, 3.8) is 0 Å². The highest BCUT2D eigenvalue weighted by Crippen LogP contribution is 2.44. The molecule has 3 aromatic rings. The van der Waals surface area contributed by atoms with Gasteiger partial charge in [0.25, 0.3) is 0 Å². The molecule has 7 nitrogen and oxygen atoms in total. The third-order valence-corrected chi connectivity index (χ3v) is 6.39. The third kappa shape index (κ3) is 5.46. The molecule has 4 rings (SSSR count). The van der Waals surface area contributed by atoms with Crippen molar-refractivity contribution in [2.24, 2.45) is 0 Å². The van der Waals surface area contributed by atoms with Gasteiger partial charge in [-0.2, -0.15) is 0 Å². The largest absolute Gasteiger partial charge is 0.478 e. The number of ether oxygens (including phenoxy) is 1. The zero-order chi connectivity index (χ0) is 24.9. The number of carbonyl (C=O) groups excluding carboxylic acids is 2. The standard InChI is InChI=1S/C27H25ClN2O5/c1-2-16(14-25(31)29-17-11-12-22(26(32)33)24(28)13-17)30-27(34)35-15-23-20-9-5-3-7-18(20)19-8-4-6-10-21(19)23/h3-13,16,23H,2,14-15H2,1H3,(H,29,31)(H,30,34)(H,32,33). The van der Waals surface area contributed by atoms with Crippen molar-refractivity contribution >= 4 is 35.3 Å². The first-order chi connectivity index (χ1) is 16.9. The van der Waals surface area contributed by atoms with E-state index in [0.29, 0.717) is 12.1 Å². The Morgan fingerprint density at radius 1 is 1.00 bits per heavy atom. The second-order valence-corrected chi connectivity index (χ2v) is 8.73. The second kappa shape index (κ2) is 10.6. The van der Waals surface area contributed by atoms with E-state index >= 15 is 0 Å². The van der Waals surface area contributed by atoms with Crippen LogP contribution in [-0.2, 0) is 9.53 Å². The Hall–Kier alpha value is -3.84. The van der Waals surface area contributed by atoms with Gasteiger partial charge in [0.1, 0.15) is 6.61 Å². The van der Waals surface area contributed by atoms with Crippen LogP contribution in [0.1, 0.15) is 47.2 Å². The molecule has 0 aromatic heterocycles. The summed E-state index contributed by atoms with van der Waals surface area (Å²) in [6.45, 7) is 2.05. The van der Waals surface area contributed by atoms with Gasteiger partial charge in [0.15, 0.2) is 0 Å². The summed E-state index contributed by atoms with van der Waals surface area (Å²) in [4.78, 5) is 36.1. The highest BCUT2D eigenvalue weighted by atomic mass is 35.5. The number of anilines is 1. The second-order valence-electron chi connectivity index (χ2n) is 8.33. The van der Waals surface area contributed by atoms with Crippen molar-refractivity contribution in [2.45, 2.75) is 31.7 Å². The summed E-state index contributed by atoms with van der Waals surface area (Å²) in [6.07, 6.45) is -0.0321. The molecular weight excluding hydrogens is 468 g/mol. The summed E-state index contributed by atoms with van der Waals surface area (Å²) in [5, 5.41) is 14.5. The molecule has 2 amide bonds. The average Bonchev–Trinajstić information content (AvgIpc) is 3.16. The van der Waals surface area contributed by atoms with Gasteiger partial charge < -0.3 is 20.5 Å². The number of carbonyl (C=O) groups is 3. The van der Waals surface area contributed by atoms with Crippen LogP contribution in [0.3, 0.4) is 0 Å². The van der Waals surface area contributed by atoms with Crippen LogP contribution in [0.25, 0.3) is 11.1 Å². The molecule has 0 bridgehead atoms. The fourth-order valence-corrected chi connectivity index (χ4v) is 4.57. The smallest absolute Gasteiger partial charge is 0.407 e. The molecule has 8 heteroatoms. The van der Waals surface area contributed by atoms with Gasteiger partial charge in [0, 0.05) is 24.1 Å². The van der Waals surface area contributed by atoms with Gasteiger partial charge in [-0.1, -0.05) is 67.1 Å². The predicted molar refractivity (Wildman–Crippen MR) is 134 cm³/mol. The van der Waals surface area contributed by atoms with Crippen molar-refractivity contribution in [1.29, 1.82) is 0 Å². The van der Waals surface area contributed by atoms with E-state index in [0.717, 1.165) is 22.3 Å². The number of rotatable bonds is 8. The van der Waals surface area contributed by atoms with Gasteiger partial charge in [-0.05, 0) is 46.9 Å². The number of carboxylic acids is 1. The topological polar surface area (TPSA) is 105 Å². The molecule has 35 heavy (non-hydrogen) atoms. The van der Waals surface area contributed by atoms with Crippen LogP contribution in [0, 0.1) is 0 Å². The van der Waals surface area contributed by atoms with Crippen LogP contribution >= 0.6 is 11.6 Å². The summed E-state index contributed by atoms with van der Waals surface area (Å²) in [7, 11) is 0. The number of carboxylic acid groups (broad SMARTS) is 1. The Bertz CT molecular complexity index is 1230. The first kappa shape index (κ1) is 24.3. The molecule has 1 aliphatic rings. The molecule has 0 saturated carbocycles. The summed E-state index contributed by atoms with van der Waals surface area (Å²) in [5.74, 6) is -1.53. The molecule has 1 unspecified atom stereocenters. The van der Waals surface area contributed by atoms with Gasteiger partial charge in [-0.25, -0.2) is 9.59 Å². The van der Waals surface area contributed by atoms with Gasteiger partial charge in [0.05, 0.1) is 10.6 Å². The van der Waals surface area contributed by atoms with Crippen molar-refractivity contribution in [3.05, 3.63) is 88.4 Å². The first-order valence-corrected chi connectivity index (χ1v) is 11.7. The Morgan fingerprint density at radius 2 is 1.63 bits per heavy atom. The normalized spacial score (nSPS) is 12.9. The van der Waals surface area contributed by atoms with Gasteiger partial charge in [-0.15, -0.1) is 0 Å². The minimum Gasteiger partial charge on any atom is -0.478 e. The zero-order valence-electron chi connectivity index (χ0n) is 19.1. The van der Waals surface area contributed by atoms with Gasteiger partial charge in [-0.3, -0.25) is 4.79 Å². The quantitative estimate of drug-likeness (QED) is 0.375. The summed E-state index contributed by atoms with van der Waals surface area (Å²) in [6, 6.07) is 19.9. The number of amides is 2. The number of fused-ring (bicyclic) bond motifs is 3. The Balaban J connectivity index is 1.33. The number of halogens is 1. The third-order valence-electron chi connectivity index (χ3n) is 6.07. The maximum atomic E-state index is 12.5. The summed E-state index contributed by atoms with van der Waals surface area (Å²) in [5.41, 5.74) is 4.88. The number of alkyl carbamates (subject to hydrolysis) is 1. The minimum absolute atomic E-state index is 0.0268. The van der Waals surface area contributed by atoms with Gasteiger partial charge >= 0.3 is 12.1 Å². The number of nitrogens with one attached hydrogen (secondary N) is 2. The molecule has 3 aromatic carbocycles. The molecule has 180 valence electrons. The van der Waals surface area contributed by atoms with Crippen molar-refractivity contribution < 1.29 is 24.2 Å². The molecule has 1 atom stereocenters. The lowest BCUT2D eigenvalue weighted by molar-refractivity contribution is -0.116. The molecule has 1 aliphatic carbocycles. The van der Waals surface area contributed by atoms with Crippen LogP contribution in [-0.4, -0.2) is 35.7 Å². The Morgan fingerprint density at radius 3 is 2.20 bits per heavy atom. The fraction of sp³-hybridized carbons (Fsp3) is 0.222. The lowest BCUT2D eigenvalue weighted by Gasteiger charge is -2.19. The van der Waals surface area contributed by atoms with E-state index in [2.05, 4.69) is 34.9 Å². The molecule has 0 heterocycles. The SMILES string of the molecule is CCC(CC(=O)Nc1ccc(C(=O)O)c(Cl)c1)NC(=O)OCC1c2ccccc2-c2ccccc21. The minimum atomic E-state index is -1.15. The van der Waals surface area contributed by atoms with E-state index in [-0.39, 0.29) is 35.4 Å². The van der Waals surface area contributed by atoms with Crippen molar-refractivity contribution in [2.75, 3.05) is 11.9 Å². The molecule has 0 spiro atoms. The molecular formula is C27H25ClN2O5. The molecule has 0 fully saturated rings. The molecule has 0 saturated heterocycles. The number of hydrogen-bond donors (Lipinski definition) is 3. The van der Waals surface area contributed by atoms with Gasteiger partial charge in [0.2, 0.25) is 5.91 Å². The van der Waals surface area contributed by atoms with Crippen molar-refractivity contribution in [3.8, 4) is 11.1 Å². The van der Waals surface area contributed by atoms with Crippen LogP contribution in [0.15, 0.2) is 66.7 Å². The Kier molecular flexibility index (Phi) is 7.36. The van der Waals surface area contributed by atoms with Crippen molar-refractivity contribution in [1.82, 2.24) is 5.32 Å². The average molecular weight is 493 g/mol. The van der Waals surface area contributed by atoms with Crippen LogP contribution in [0.5, 0.6) is 0 Å². The lowest BCUT2D eigenvalue weighted by atomic mass is 9.98. The highest BCUT2D eigenvalue weighted by molar-refractivity contribution is 6.33. The van der Waals surface area contributed by atoms with Crippen LogP contribution in [0.2, 0.25) is 5.02 Å². The summed E-state index contributed by atoms with van der Waals surface area (Å²) < 4.78 is 5.57. The predicted octanol–water partition coefficient (Wildman–Crippen LogP) is 5.68. The summed E-state index contributed by atoms with van der Waals surface area (Å²) >= 11 is 5.96. The van der Waals surface area contributed by atoms with E-state index in [9.17, 15) is 14.4 Å². The van der Waals surface area contributed by atoms with E-state index in [1.165, 1.54) is 18.2 Å². The molecule has 0 radical (unpaired) electrons. The maximum absolute atomic E-state index is 12.5. The monoisotopic (exact) mass is 492 g/mol. The van der Waals surface area contributed by atoms with Crippen LogP contribution < -0.4 is 10.6 Å². The highest BCUT2D eigenvalue weighted by Gasteiger charge is 2.29.